The molecular weight excluding hydrogens is 417 g/mol. The molecule has 3 rings (SSSR count). The first-order valence-electron chi connectivity index (χ1n) is 12.3. The number of allylic oxidation sites excluding steroid dienone is 2. The van der Waals surface area contributed by atoms with Crippen LogP contribution >= 0.6 is 0 Å². The fraction of sp³-hybridized carbons (Fsp3) is 0.571. The molecule has 33 heavy (non-hydrogen) atoms. The zero-order valence-corrected chi connectivity index (χ0v) is 19.9. The molecule has 1 aromatic carbocycles. The molecule has 0 aliphatic heterocycles. The van der Waals surface area contributed by atoms with Crippen molar-refractivity contribution in [1.82, 2.24) is 0 Å². The number of rotatable bonds is 10. The number of ether oxygens (including phenoxy) is 2. The van der Waals surface area contributed by atoms with Gasteiger partial charge in [0.2, 0.25) is 0 Å². The van der Waals surface area contributed by atoms with Crippen LogP contribution in [0, 0.1) is 17.2 Å². The number of nitriles is 1. The third-order valence-corrected chi connectivity index (χ3v) is 7.08. The van der Waals surface area contributed by atoms with Crippen molar-refractivity contribution < 1.29 is 18.7 Å². The third-order valence-electron chi connectivity index (χ3n) is 7.08. The van der Waals surface area contributed by atoms with Crippen LogP contribution in [0.1, 0.15) is 82.3 Å². The number of hydrogen-bond donors (Lipinski definition) is 0. The van der Waals surface area contributed by atoms with E-state index in [1.54, 1.807) is 7.11 Å². The first-order valence-corrected chi connectivity index (χ1v) is 12.3. The van der Waals surface area contributed by atoms with Crippen molar-refractivity contribution in [2.24, 2.45) is 5.92 Å². The summed E-state index contributed by atoms with van der Waals surface area (Å²) in [5, 5.41) is 9.14. The van der Waals surface area contributed by atoms with Crippen molar-refractivity contribution in [3.8, 4) is 6.07 Å². The molecule has 0 aromatic heterocycles. The molecular formula is C28H36FNO3. The number of unbranched alkanes of at least 4 members (excludes halogenated alkanes) is 1. The van der Waals surface area contributed by atoms with E-state index in [9.17, 15) is 9.18 Å². The normalized spacial score (nSPS) is 25.7. The number of carbonyl (C=O) groups is 1. The van der Waals surface area contributed by atoms with Crippen LogP contribution in [0.2, 0.25) is 0 Å². The molecule has 0 spiro atoms. The van der Waals surface area contributed by atoms with Crippen LogP contribution in [-0.4, -0.2) is 31.0 Å². The Hall–Kier alpha value is -2.45. The highest BCUT2D eigenvalue weighted by atomic mass is 19.1. The summed E-state index contributed by atoms with van der Waals surface area (Å²) in [6.45, 7) is 1.99. The maximum absolute atomic E-state index is 13.9. The lowest BCUT2D eigenvalue weighted by Gasteiger charge is -2.34. The van der Waals surface area contributed by atoms with Gasteiger partial charge in [0, 0.05) is 7.11 Å². The minimum absolute atomic E-state index is 0.144. The minimum atomic E-state index is -1.48. The van der Waals surface area contributed by atoms with Crippen molar-refractivity contribution in [2.75, 3.05) is 7.11 Å². The van der Waals surface area contributed by atoms with E-state index in [1.165, 1.54) is 0 Å². The maximum Gasteiger partial charge on any atom is 0.340 e. The van der Waals surface area contributed by atoms with Gasteiger partial charge in [0.05, 0.1) is 17.2 Å². The van der Waals surface area contributed by atoms with Crippen molar-refractivity contribution in [2.45, 2.75) is 89.0 Å². The van der Waals surface area contributed by atoms with Crippen LogP contribution in [0.15, 0.2) is 42.5 Å². The van der Waals surface area contributed by atoms with E-state index >= 15 is 0 Å². The number of hydrogen-bond acceptors (Lipinski definition) is 4. The van der Waals surface area contributed by atoms with Gasteiger partial charge in [-0.15, -0.1) is 0 Å². The summed E-state index contributed by atoms with van der Waals surface area (Å²) in [4.78, 5) is 11.9. The summed E-state index contributed by atoms with van der Waals surface area (Å²) < 4.78 is 25.2. The Morgan fingerprint density at radius 1 is 1.30 bits per heavy atom. The summed E-state index contributed by atoms with van der Waals surface area (Å²) in [7, 11) is 1.77. The van der Waals surface area contributed by atoms with Crippen LogP contribution in [0.4, 0.5) is 4.39 Å². The molecule has 178 valence electrons. The number of carbonyl (C=O) groups excluding carboxylic acids is 1. The molecule has 1 aromatic rings. The number of methoxy groups -OCH3 is 1. The van der Waals surface area contributed by atoms with E-state index in [-0.39, 0.29) is 18.1 Å². The van der Waals surface area contributed by atoms with Gasteiger partial charge in [-0.25, -0.2) is 9.18 Å². The van der Waals surface area contributed by atoms with E-state index in [0.717, 1.165) is 62.5 Å². The summed E-state index contributed by atoms with van der Waals surface area (Å²) in [6, 6.07) is 9.86. The lowest BCUT2D eigenvalue weighted by atomic mass is 9.79. The van der Waals surface area contributed by atoms with Gasteiger partial charge >= 0.3 is 5.97 Å². The standard InChI is InChI=1S/C28H36FNO3/c1-3-4-8-26(29)27(31)33-25-11-9-21(10-12-25)13-16-28(32-2)17-14-23(15-18-28)24-7-5-6-22(19-24)20-30/h5-7,14-15,17,19,21,25-26H,3-4,8-13,16,18H2,1-2H3/t21?,25?,26-,28?/m0/s1. The smallest absolute Gasteiger partial charge is 0.340 e. The summed E-state index contributed by atoms with van der Waals surface area (Å²) >= 11 is 0. The molecule has 5 heteroatoms. The Bertz CT molecular complexity index is 895. The molecule has 1 unspecified atom stereocenters. The van der Waals surface area contributed by atoms with Crippen LogP contribution in [-0.2, 0) is 14.3 Å². The molecule has 2 aliphatic carbocycles. The highest BCUT2D eigenvalue weighted by molar-refractivity contribution is 5.76. The quantitative estimate of drug-likeness (QED) is 0.370. The molecule has 0 amide bonds. The van der Waals surface area contributed by atoms with Gasteiger partial charge < -0.3 is 9.47 Å². The second kappa shape index (κ2) is 12.1. The fourth-order valence-electron chi connectivity index (χ4n) is 4.81. The fourth-order valence-corrected chi connectivity index (χ4v) is 4.81. The highest BCUT2D eigenvalue weighted by Crippen LogP contribution is 2.37. The SMILES string of the molecule is CCCC[C@H](F)C(=O)OC1CCC(CCC2(OC)C=CC(c3cccc(C#N)c3)=CC2)CC1. The lowest BCUT2D eigenvalue weighted by Crippen LogP contribution is -2.32. The van der Waals surface area contributed by atoms with Crippen molar-refractivity contribution in [3.63, 3.8) is 0 Å². The summed E-state index contributed by atoms with van der Waals surface area (Å²) in [5.41, 5.74) is 2.52. The average molecular weight is 454 g/mol. The predicted molar refractivity (Wildman–Crippen MR) is 128 cm³/mol. The number of alkyl halides is 1. The zero-order chi connectivity index (χ0) is 23.7. The first-order chi connectivity index (χ1) is 16.0. The molecule has 0 bridgehead atoms. The number of nitrogens with zero attached hydrogens (tertiary/aromatic N) is 1. The summed E-state index contributed by atoms with van der Waals surface area (Å²) in [6.07, 6.45) is 13.1. The molecule has 0 heterocycles. The van der Waals surface area contributed by atoms with Crippen LogP contribution in [0.5, 0.6) is 0 Å². The summed E-state index contributed by atoms with van der Waals surface area (Å²) in [5.74, 6) is -0.111. The molecule has 0 radical (unpaired) electrons. The molecule has 2 aliphatic rings. The second-order valence-electron chi connectivity index (χ2n) is 9.39. The Balaban J connectivity index is 1.45. The molecule has 4 nitrogen and oxygen atoms in total. The number of halogens is 1. The van der Waals surface area contributed by atoms with Crippen molar-refractivity contribution in [1.29, 1.82) is 5.26 Å². The molecule has 0 saturated heterocycles. The van der Waals surface area contributed by atoms with Gasteiger partial charge in [0.1, 0.15) is 6.10 Å². The maximum atomic E-state index is 13.9. The molecule has 1 saturated carbocycles. The van der Waals surface area contributed by atoms with Gasteiger partial charge in [-0.1, -0.05) is 50.1 Å². The van der Waals surface area contributed by atoms with Crippen LogP contribution in [0.25, 0.3) is 5.57 Å². The minimum Gasteiger partial charge on any atom is -0.460 e. The molecule has 1 fully saturated rings. The van der Waals surface area contributed by atoms with E-state index in [0.29, 0.717) is 17.9 Å². The Morgan fingerprint density at radius 2 is 2.09 bits per heavy atom. The van der Waals surface area contributed by atoms with Gasteiger partial charge in [0.15, 0.2) is 6.17 Å². The van der Waals surface area contributed by atoms with Crippen LogP contribution in [0.3, 0.4) is 0 Å². The predicted octanol–water partition coefficient (Wildman–Crippen LogP) is 6.70. The number of benzene rings is 1. The van der Waals surface area contributed by atoms with E-state index in [1.807, 2.05) is 31.2 Å². The third kappa shape index (κ3) is 7.01. The zero-order valence-electron chi connectivity index (χ0n) is 19.9. The molecule has 2 atom stereocenters. The monoisotopic (exact) mass is 453 g/mol. The Kier molecular flexibility index (Phi) is 9.26. The van der Waals surface area contributed by atoms with Gasteiger partial charge in [-0.2, -0.15) is 5.26 Å². The topological polar surface area (TPSA) is 59.3 Å². The average Bonchev–Trinajstić information content (AvgIpc) is 2.87. The van der Waals surface area contributed by atoms with Crippen molar-refractivity contribution >= 4 is 11.5 Å². The Labute approximate surface area is 197 Å². The first kappa shape index (κ1) is 25.2. The van der Waals surface area contributed by atoms with Gasteiger partial charge in [0.25, 0.3) is 0 Å². The van der Waals surface area contributed by atoms with Gasteiger partial charge in [-0.3, -0.25) is 0 Å². The lowest BCUT2D eigenvalue weighted by molar-refractivity contribution is -0.157. The Morgan fingerprint density at radius 3 is 2.73 bits per heavy atom. The van der Waals surface area contributed by atoms with Crippen LogP contribution < -0.4 is 0 Å². The number of esters is 1. The molecule has 0 N–H and O–H groups in total. The van der Waals surface area contributed by atoms with E-state index in [2.05, 4.69) is 24.3 Å². The van der Waals surface area contributed by atoms with E-state index in [4.69, 9.17) is 14.7 Å². The highest BCUT2D eigenvalue weighted by Gasteiger charge is 2.31. The van der Waals surface area contributed by atoms with E-state index < -0.39 is 12.1 Å². The largest absolute Gasteiger partial charge is 0.460 e. The van der Waals surface area contributed by atoms with Crippen molar-refractivity contribution in [3.05, 3.63) is 53.6 Å². The second-order valence-corrected chi connectivity index (χ2v) is 9.39. The van der Waals surface area contributed by atoms with Gasteiger partial charge in [-0.05, 0) is 80.6 Å².